The van der Waals surface area contributed by atoms with E-state index in [0.29, 0.717) is 0 Å². The molecule has 1 aliphatic heterocycles. The molecule has 2 aromatic rings. The second-order valence-electron chi connectivity index (χ2n) is 5.63. The van der Waals surface area contributed by atoms with Crippen LogP contribution < -0.4 is 5.32 Å². The number of hydrogen-bond donors (Lipinski definition) is 1. The van der Waals surface area contributed by atoms with Crippen molar-refractivity contribution >= 4 is 22.2 Å². The summed E-state index contributed by atoms with van der Waals surface area (Å²) < 4.78 is 5.36. The van der Waals surface area contributed by atoms with Crippen LogP contribution in [0.15, 0.2) is 18.2 Å². The topological polar surface area (TPSA) is 50.3 Å². The van der Waals surface area contributed by atoms with Crippen LogP contribution in [0.4, 0.5) is 10.8 Å². The van der Waals surface area contributed by atoms with Crippen molar-refractivity contribution in [2.75, 3.05) is 38.2 Å². The third-order valence-corrected chi connectivity index (χ3v) is 4.87. The molecule has 2 heterocycles. The molecule has 118 valence electrons. The van der Waals surface area contributed by atoms with Crippen LogP contribution in [0.5, 0.6) is 0 Å². The lowest BCUT2D eigenvalue weighted by Crippen LogP contribution is -2.37. The molecule has 1 aromatic heterocycles. The molecule has 0 unspecified atom stereocenters. The number of aromatic nitrogens is 2. The molecule has 0 amide bonds. The first-order chi connectivity index (χ1) is 10.7. The molecule has 1 saturated heterocycles. The predicted octanol–water partition coefficient (Wildman–Crippen LogP) is 2.77. The van der Waals surface area contributed by atoms with Crippen molar-refractivity contribution in [1.82, 2.24) is 15.1 Å². The van der Waals surface area contributed by atoms with E-state index < -0.39 is 0 Å². The smallest absolute Gasteiger partial charge is 0.210 e. The molecule has 0 radical (unpaired) electrons. The lowest BCUT2D eigenvalue weighted by atomic mass is 10.1. The van der Waals surface area contributed by atoms with Gasteiger partial charge in [-0.25, -0.2) is 0 Å². The maximum absolute atomic E-state index is 5.36. The van der Waals surface area contributed by atoms with E-state index in [1.54, 1.807) is 11.3 Å². The molecule has 6 heteroatoms. The number of nitrogens with zero attached hydrogens (tertiary/aromatic N) is 3. The Morgan fingerprint density at radius 3 is 2.77 bits per heavy atom. The van der Waals surface area contributed by atoms with Crippen molar-refractivity contribution in [1.29, 1.82) is 0 Å². The summed E-state index contributed by atoms with van der Waals surface area (Å²) in [4.78, 5) is 2.42. The van der Waals surface area contributed by atoms with Crippen molar-refractivity contribution in [2.24, 2.45) is 0 Å². The van der Waals surface area contributed by atoms with Crippen LogP contribution in [0.25, 0.3) is 0 Å². The minimum atomic E-state index is 0.843. The van der Waals surface area contributed by atoms with E-state index in [4.69, 9.17) is 4.74 Å². The van der Waals surface area contributed by atoms with Gasteiger partial charge in [-0.15, -0.1) is 10.2 Å². The van der Waals surface area contributed by atoms with Gasteiger partial charge in [0.2, 0.25) is 5.13 Å². The minimum absolute atomic E-state index is 0.843. The van der Waals surface area contributed by atoms with E-state index in [1.807, 2.05) is 0 Å². The normalized spacial score (nSPS) is 15.9. The summed E-state index contributed by atoms with van der Waals surface area (Å²) in [7, 11) is 0. The quantitative estimate of drug-likeness (QED) is 0.918. The van der Waals surface area contributed by atoms with Crippen molar-refractivity contribution in [3.8, 4) is 0 Å². The number of aryl methyl sites for hydroxylation is 2. The first-order valence-electron chi connectivity index (χ1n) is 7.67. The molecule has 0 saturated carbocycles. The van der Waals surface area contributed by atoms with Crippen LogP contribution in [-0.2, 0) is 11.2 Å². The highest BCUT2D eigenvalue weighted by atomic mass is 32.1. The highest BCUT2D eigenvalue weighted by molar-refractivity contribution is 7.15. The van der Waals surface area contributed by atoms with Crippen molar-refractivity contribution < 1.29 is 4.74 Å². The van der Waals surface area contributed by atoms with Gasteiger partial charge in [-0.1, -0.05) is 17.4 Å². The van der Waals surface area contributed by atoms with E-state index >= 15 is 0 Å². The van der Waals surface area contributed by atoms with Crippen LogP contribution in [0.1, 0.15) is 16.1 Å². The molecule has 0 aliphatic carbocycles. The number of morpholine rings is 1. The Morgan fingerprint density at radius 1 is 1.18 bits per heavy atom. The van der Waals surface area contributed by atoms with Crippen LogP contribution in [0.2, 0.25) is 0 Å². The first-order valence-corrected chi connectivity index (χ1v) is 8.49. The third-order valence-electron chi connectivity index (χ3n) is 3.97. The summed E-state index contributed by atoms with van der Waals surface area (Å²) in [6, 6.07) is 6.35. The molecule has 0 bridgehead atoms. The van der Waals surface area contributed by atoms with Gasteiger partial charge in [0, 0.05) is 31.7 Å². The van der Waals surface area contributed by atoms with Gasteiger partial charge in [-0.05, 0) is 37.1 Å². The summed E-state index contributed by atoms with van der Waals surface area (Å²) in [5.41, 5.74) is 3.65. The molecular weight excluding hydrogens is 296 g/mol. The molecular formula is C16H22N4OS. The average Bonchev–Trinajstić information content (AvgIpc) is 2.97. The number of ether oxygens (including phenoxy) is 1. The fraction of sp³-hybridized carbons (Fsp3) is 0.500. The van der Waals surface area contributed by atoms with E-state index in [9.17, 15) is 0 Å². The monoisotopic (exact) mass is 318 g/mol. The van der Waals surface area contributed by atoms with Gasteiger partial charge in [0.25, 0.3) is 0 Å². The second kappa shape index (κ2) is 7.17. The van der Waals surface area contributed by atoms with Gasteiger partial charge >= 0.3 is 0 Å². The number of rotatable bonds is 5. The molecule has 3 rings (SSSR count). The fourth-order valence-electron chi connectivity index (χ4n) is 2.43. The SMILES string of the molecule is Cc1ccc(Nc2nnc(CCN3CCOCC3)s2)cc1C. The van der Waals surface area contributed by atoms with E-state index in [-0.39, 0.29) is 0 Å². The van der Waals surface area contributed by atoms with Crippen LogP contribution in [-0.4, -0.2) is 47.9 Å². The maximum atomic E-state index is 5.36. The number of anilines is 2. The Morgan fingerprint density at radius 2 is 2.00 bits per heavy atom. The van der Waals surface area contributed by atoms with E-state index in [0.717, 1.165) is 55.1 Å². The number of nitrogens with one attached hydrogen (secondary N) is 1. The molecule has 1 aromatic carbocycles. The second-order valence-corrected chi connectivity index (χ2v) is 6.69. The minimum Gasteiger partial charge on any atom is -0.379 e. The van der Waals surface area contributed by atoms with Gasteiger partial charge in [-0.3, -0.25) is 4.90 Å². The van der Waals surface area contributed by atoms with Gasteiger partial charge in [0.05, 0.1) is 13.2 Å². The summed E-state index contributed by atoms with van der Waals surface area (Å²) in [5.74, 6) is 0. The molecule has 1 N–H and O–H groups in total. The van der Waals surface area contributed by atoms with Gasteiger partial charge in [0.15, 0.2) is 0 Å². The Bertz CT molecular complexity index is 622. The number of hydrogen-bond acceptors (Lipinski definition) is 6. The van der Waals surface area contributed by atoms with E-state index in [2.05, 4.69) is 52.5 Å². The van der Waals surface area contributed by atoms with Gasteiger partial charge < -0.3 is 10.1 Å². The molecule has 0 atom stereocenters. The lowest BCUT2D eigenvalue weighted by Gasteiger charge is -2.25. The maximum Gasteiger partial charge on any atom is 0.210 e. The highest BCUT2D eigenvalue weighted by Gasteiger charge is 2.12. The Kier molecular flexibility index (Phi) is 5.02. The van der Waals surface area contributed by atoms with Crippen LogP contribution >= 0.6 is 11.3 Å². The van der Waals surface area contributed by atoms with Crippen molar-refractivity contribution in [3.63, 3.8) is 0 Å². The first kappa shape index (κ1) is 15.4. The molecule has 5 nitrogen and oxygen atoms in total. The predicted molar refractivity (Wildman–Crippen MR) is 90.1 cm³/mol. The zero-order chi connectivity index (χ0) is 15.4. The Hall–Kier alpha value is -1.50. The molecule has 0 spiro atoms. The Labute approximate surface area is 135 Å². The van der Waals surface area contributed by atoms with E-state index in [1.165, 1.54) is 11.1 Å². The summed E-state index contributed by atoms with van der Waals surface area (Å²) in [6.45, 7) is 8.99. The third kappa shape index (κ3) is 4.03. The van der Waals surface area contributed by atoms with Gasteiger partial charge in [-0.2, -0.15) is 0 Å². The number of benzene rings is 1. The molecule has 1 aliphatic rings. The molecule has 22 heavy (non-hydrogen) atoms. The van der Waals surface area contributed by atoms with Crippen LogP contribution in [0.3, 0.4) is 0 Å². The van der Waals surface area contributed by atoms with Gasteiger partial charge in [0.1, 0.15) is 5.01 Å². The summed E-state index contributed by atoms with van der Waals surface area (Å²) >= 11 is 1.64. The highest BCUT2D eigenvalue weighted by Crippen LogP contribution is 2.22. The molecule has 1 fully saturated rings. The van der Waals surface area contributed by atoms with Crippen molar-refractivity contribution in [2.45, 2.75) is 20.3 Å². The summed E-state index contributed by atoms with van der Waals surface area (Å²) in [6.07, 6.45) is 0.951. The largest absolute Gasteiger partial charge is 0.379 e. The van der Waals surface area contributed by atoms with Crippen LogP contribution in [0, 0.1) is 13.8 Å². The zero-order valence-corrected chi connectivity index (χ0v) is 13.9. The lowest BCUT2D eigenvalue weighted by molar-refractivity contribution is 0.0384. The standard InChI is InChI=1S/C16H22N4OS/c1-12-3-4-14(11-13(12)2)17-16-19-18-15(22-16)5-6-20-7-9-21-10-8-20/h3-4,11H,5-10H2,1-2H3,(H,17,19). The average molecular weight is 318 g/mol. The summed E-state index contributed by atoms with van der Waals surface area (Å²) in [5, 5.41) is 13.8. The zero-order valence-electron chi connectivity index (χ0n) is 13.1. The Balaban J connectivity index is 1.55. The fourth-order valence-corrected chi connectivity index (χ4v) is 3.18. The van der Waals surface area contributed by atoms with Crippen molar-refractivity contribution in [3.05, 3.63) is 34.3 Å².